The minimum absolute atomic E-state index is 0.915. The van der Waals surface area contributed by atoms with Crippen molar-refractivity contribution < 1.29 is 0 Å². The predicted molar refractivity (Wildman–Crippen MR) is 276 cm³/mol. The lowest BCUT2D eigenvalue weighted by Crippen LogP contribution is -1.98. The first-order valence-corrected chi connectivity index (χ1v) is 26.8. The molecule has 6 heteroatoms. The van der Waals surface area contributed by atoms with Crippen LogP contribution in [0, 0.1) is 0 Å². The van der Waals surface area contributed by atoms with Crippen LogP contribution in [-0.4, -0.2) is 9.97 Å². The summed E-state index contributed by atoms with van der Waals surface area (Å²) in [7, 11) is 0. The Balaban J connectivity index is 1.07. The van der Waals surface area contributed by atoms with Crippen molar-refractivity contribution in [3.63, 3.8) is 0 Å². The van der Waals surface area contributed by atoms with E-state index in [2.05, 4.69) is 135 Å². The van der Waals surface area contributed by atoms with E-state index in [0.29, 0.717) is 0 Å². The molecule has 3 aromatic carbocycles. The van der Waals surface area contributed by atoms with Gasteiger partial charge in [-0.05, 0) is 74.2 Å². The molecule has 0 aliphatic rings. The highest BCUT2D eigenvalue weighted by molar-refractivity contribution is 7.24. The molecule has 8 aromatic rings. The van der Waals surface area contributed by atoms with Gasteiger partial charge in [0.1, 0.15) is 0 Å². The molecule has 0 saturated carbocycles. The summed E-state index contributed by atoms with van der Waals surface area (Å²) in [5.41, 5.74) is 8.16. The first kappa shape index (κ1) is 44.4. The van der Waals surface area contributed by atoms with Gasteiger partial charge >= 0.3 is 0 Å². The zero-order valence-electron chi connectivity index (χ0n) is 36.8. The summed E-state index contributed by atoms with van der Waals surface area (Å²) >= 11 is 7.68. The van der Waals surface area contributed by atoms with Crippen molar-refractivity contribution >= 4 is 56.4 Å². The molecule has 320 valence electrons. The van der Waals surface area contributed by atoms with Crippen LogP contribution in [0.1, 0.15) is 126 Å². The number of hydrogen-bond acceptors (Lipinski definition) is 6. The topological polar surface area (TPSA) is 25.8 Å². The molecular weight excluding hydrogens is 829 g/mol. The van der Waals surface area contributed by atoms with Crippen molar-refractivity contribution in [3.8, 4) is 62.9 Å². The summed E-state index contributed by atoms with van der Waals surface area (Å²) < 4.78 is 0. The predicted octanol–water partition coefficient (Wildman–Crippen LogP) is 19.2. The quantitative estimate of drug-likeness (QED) is 0.0565. The first-order valence-electron chi connectivity index (χ1n) is 23.5. The van der Waals surface area contributed by atoms with Crippen LogP contribution in [-0.2, 0) is 12.8 Å². The molecule has 0 atom stereocenters. The van der Waals surface area contributed by atoms with Gasteiger partial charge < -0.3 is 0 Å². The minimum atomic E-state index is 0.915. The van der Waals surface area contributed by atoms with Crippen LogP contribution in [0.25, 0.3) is 73.9 Å². The normalized spacial score (nSPS) is 11.6. The second-order valence-electron chi connectivity index (χ2n) is 16.8. The van der Waals surface area contributed by atoms with Crippen molar-refractivity contribution in [1.82, 2.24) is 9.97 Å². The van der Waals surface area contributed by atoms with Gasteiger partial charge in [0.25, 0.3) is 0 Å². The number of thiophene rings is 4. The first-order chi connectivity index (χ1) is 30.7. The Morgan fingerprint density at radius 2 is 0.661 bits per heavy atom. The third kappa shape index (κ3) is 11.5. The number of aryl methyl sites for hydroxylation is 2. The lowest BCUT2D eigenvalue weighted by Gasteiger charge is -2.15. The molecule has 2 nitrogen and oxygen atoms in total. The molecule has 5 aromatic heterocycles. The number of aromatic nitrogens is 2. The molecule has 0 aliphatic carbocycles. The molecule has 0 N–H and O–H groups in total. The standard InChI is InChI=1S/C56H62N2S4/c1-3-5-7-9-11-13-15-23-29-43-31-35-49(59-43)51-39-37-47(61-51)45-33-34-46(48-38-40-52(62-48)50-36-32-44(60-50)30-24-16-14-12-10-8-6-4-2)56-55(45)57-53(41-25-19-17-20-26-41)54(58-56)42-27-21-18-22-28-42/h17-22,25-28,31-40H,3-16,23-24,29-30H2,1-2H3. The van der Waals surface area contributed by atoms with Crippen LogP contribution in [0.4, 0.5) is 0 Å². The maximum atomic E-state index is 5.62. The number of nitrogens with zero attached hydrogens (tertiary/aromatic N) is 2. The highest BCUT2D eigenvalue weighted by atomic mass is 32.1. The monoisotopic (exact) mass is 890 g/mol. The van der Waals surface area contributed by atoms with Crippen molar-refractivity contribution in [3.05, 3.63) is 131 Å². The van der Waals surface area contributed by atoms with Gasteiger partial charge in [0.15, 0.2) is 0 Å². The van der Waals surface area contributed by atoms with E-state index in [0.717, 1.165) is 44.7 Å². The molecule has 0 bridgehead atoms. The lowest BCUT2D eigenvalue weighted by atomic mass is 10.0. The number of hydrogen-bond donors (Lipinski definition) is 0. The number of rotatable bonds is 24. The molecule has 0 fully saturated rings. The average molecular weight is 891 g/mol. The Morgan fingerprint density at radius 3 is 1.06 bits per heavy atom. The van der Waals surface area contributed by atoms with Gasteiger partial charge in [-0.3, -0.25) is 0 Å². The van der Waals surface area contributed by atoms with Crippen molar-refractivity contribution in [2.24, 2.45) is 0 Å². The highest BCUT2D eigenvalue weighted by Crippen LogP contribution is 2.45. The molecule has 0 amide bonds. The Kier molecular flexibility index (Phi) is 16.4. The molecule has 5 heterocycles. The fourth-order valence-electron chi connectivity index (χ4n) is 8.51. The van der Waals surface area contributed by atoms with Crippen LogP contribution in [0.15, 0.2) is 121 Å². The fraction of sp³-hybridized carbons (Fsp3) is 0.357. The largest absolute Gasteiger partial charge is 0.243 e. The summed E-state index contributed by atoms with van der Waals surface area (Å²) in [4.78, 5) is 22.1. The fourth-order valence-corrected chi connectivity index (χ4v) is 12.9. The van der Waals surface area contributed by atoms with Crippen molar-refractivity contribution in [2.45, 2.75) is 129 Å². The molecule has 0 radical (unpaired) electrons. The highest BCUT2D eigenvalue weighted by Gasteiger charge is 2.21. The SMILES string of the molecule is CCCCCCCCCCc1ccc(-c2ccc(-c3ccc(-c4ccc(-c5ccc(CCCCCCCCCC)s5)s4)c4nc(-c5ccccc5)c(-c5ccccc5)nc34)s2)s1. The van der Waals surface area contributed by atoms with Crippen molar-refractivity contribution in [2.75, 3.05) is 0 Å². The Hall–Kier alpha value is -4.20. The van der Waals surface area contributed by atoms with Gasteiger partial charge in [-0.25, -0.2) is 9.97 Å². The lowest BCUT2D eigenvalue weighted by molar-refractivity contribution is 0.576. The van der Waals surface area contributed by atoms with Crippen LogP contribution in [0.2, 0.25) is 0 Å². The van der Waals surface area contributed by atoms with Gasteiger partial charge in [-0.2, -0.15) is 0 Å². The summed E-state index contributed by atoms with van der Waals surface area (Å²) in [6, 6.07) is 44.4. The third-order valence-corrected chi connectivity index (χ3v) is 16.9. The van der Waals surface area contributed by atoms with E-state index >= 15 is 0 Å². The smallest absolute Gasteiger partial charge is 0.0988 e. The van der Waals surface area contributed by atoms with Gasteiger partial charge in [0.2, 0.25) is 0 Å². The zero-order chi connectivity index (χ0) is 42.4. The Labute approximate surface area is 387 Å². The third-order valence-electron chi connectivity index (χ3n) is 12.0. The number of unbranched alkanes of at least 4 members (excludes halogenated alkanes) is 14. The van der Waals surface area contributed by atoms with E-state index < -0.39 is 0 Å². The van der Waals surface area contributed by atoms with E-state index in [1.165, 1.54) is 155 Å². The second kappa shape index (κ2) is 22.9. The van der Waals surface area contributed by atoms with Gasteiger partial charge in [0.05, 0.1) is 22.4 Å². The molecule has 0 spiro atoms. The zero-order valence-corrected chi connectivity index (χ0v) is 40.1. The van der Waals surface area contributed by atoms with E-state index in [1.54, 1.807) is 0 Å². The van der Waals surface area contributed by atoms with E-state index in [1.807, 2.05) is 45.3 Å². The second-order valence-corrected chi connectivity index (χ2v) is 21.3. The maximum Gasteiger partial charge on any atom is 0.0988 e. The average Bonchev–Trinajstić information content (AvgIpc) is 4.16. The molecule has 8 rings (SSSR count). The van der Waals surface area contributed by atoms with Gasteiger partial charge in [-0.1, -0.05) is 177 Å². The van der Waals surface area contributed by atoms with Crippen LogP contribution >= 0.6 is 45.3 Å². The summed E-state index contributed by atoms with van der Waals surface area (Å²) in [5.74, 6) is 0. The van der Waals surface area contributed by atoms with Crippen molar-refractivity contribution in [1.29, 1.82) is 0 Å². The van der Waals surface area contributed by atoms with Crippen LogP contribution in [0.5, 0.6) is 0 Å². The molecule has 62 heavy (non-hydrogen) atoms. The van der Waals surface area contributed by atoms with E-state index in [9.17, 15) is 0 Å². The van der Waals surface area contributed by atoms with E-state index in [4.69, 9.17) is 9.97 Å². The number of benzene rings is 3. The van der Waals surface area contributed by atoms with Crippen LogP contribution < -0.4 is 0 Å². The summed E-state index contributed by atoms with van der Waals surface area (Å²) in [6.45, 7) is 4.59. The molecule has 0 saturated heterocycles. The minimum Gasteiger partial charge on any atom is -0.243 e. The molecular formula is C56H62N2S4. The molecule has 0 aliphatic heterocycles. The van der Waals surface area contributed by atoms with E-state index in [-0.39, 0.29) is 0 Å². The Bertz CT molecular complexity index is 2390. The van der Waals surface area contributed by atoms with Crippen LogP contribution in [0.3, 0.4) is 0 Å². The Morgan fingerprint density at radius 1 is 0.323 bits per heavy atom. The maximum absolute atomic E-state index is 5.62. The van der Waals surface area contributed by atoms with Gasteiger partial charge in [0, 0.05) is 61.3 Å². The molecule has 0 unspecified atom stereocenters. The number of fused-ring (bicyclic) bond motifs is 1. The summed E-state index contributed by atoms with van der Waals surface area (Å²) in [6.07, 6.45) is 24.1. The summed E-state index contributed by atoms with van der Waals surface area (Å²) in [5, 5.41) is 0. The van der Waals surface area contributed by atoms with Gasteiger partial charge in [-0.15, -0.1) is 45.3 Å².